The summed E-state index contributed by atoms with van der Waals surface area (Å²) in [6.45, 7) is 2.65. The number of aromatic nitrogens is 1. The number of nitrogens with one attached hydrogen (secondary N) is 1. The van der Waals surface area contributed by atoms with Crippen LogP contribution in [0.2, 0.25) is 0 Å². The summed E-state index contributed by atoms with van der Waals surface area (Å²) in [6.07, 6.45) is 3.58. The molecule has 0 bridgehead atoms. The Balaban J connectivity index is 1.41. The van der Waals surface area contributed by atoms with Gasteiger partial charge in [0.2, 0.25) is 0 Å². The van der Waals surface area contributed by atoms with Gasteiger partial charge in [-0.15, -0.1) is 0 Å². The summed E-state index contributed by atoms with van der Waals surface area (Å²) in [5.74, 6) is 1.36. The lowest BCUT2D eigenvalue weighted by Gasteiger charge is -2.44. The van der Waals surface area contributed by atoms with E-state index in [2.05, 4.69) is 40.2 Å². The van der Waals surface area contributed by atoms with Crippen molar-refractivity contribution in [2.24, 2.45) is 7.05 Å². The lowest BCUT2D eigenvalue weighted by atomic mass is 9.95. The number of hydrogen-bond donors (Lipinski definition) is 1. The van der Waals surface area contributed by atoms with E-state index in [0.717, 1.165) is 49.0 Å². The van der Waals surface area contributed by atoms with Crippen LogP contribution in [0.1, 0.15) is 28.9 Å². The zero-order valence-electron chi connectivity index (χ0n) is 16.8. The molecule has 3 aromatic rings. The van der Waals surface area contributed by atoms with E-state index >= 15 is 0 Å². The predicted octanol–water partition coefficient (Wildman–Crippen LogP) is 3.30. The fourth-order valence-corrected chi connectivity index (χ4v) is 4.37. The SMILES string of the molecule is COc1ccc2ccc3c(c2c1)OC1(CCN(Cc2cccn2C)CC1)NC3=O. The monoisotopic (exact) mass is 391 g/mol. The van der Waals surface area contributed by atoms with Crippen LogP contribution in [0.4, 0.5) is 0 Å². The van der Waals surface area contributed by atoms with Gasteiger partial charge in [0, 0.05) is 56.8 Å². The molecule has 1 saturated heterocycles. The van der Waals surface area contributed by atoms with Crippen LogP contribution in [-0.4, -0.2) is 41.3 Å². The second-order valence-electron chi connectivity index (χ2n) is 7.97. The van der Waals surface area contributed by atoms with Crippen molar-refractivity contribution in [3.8, 4) is 11.5 Å². The van der Waals surface area contributed by atoms with E-state index in [1.165, 1.54) is 5.69 Å². The number of likely N-dealkylation sites (tertiary alicyclic amines) is 1. The molecular weight excluding hydrogens is 366 g/mol. The van der Waals surface area contributed by atoms with Crippen LogP contribution in [0.5, 0.6) is 11.5 Å². The summed E-state index contributed by atoms with van der Waals surface area (Å²) in [5.41, 5.74) is 1.23. The van der Waals surface area contributed by atoms with Gasteiger partial charge in [0.15, 0.2) is 5.72 Å². The molecule has 0 radical (unpaired) electrons. The smallest absolute Gasteiger partial charge is 0.258 e. The van der Waals surface area contributed by atoms with Crippen LogP contribution in [0.15, 0.2) is 48.7 Å². The lowest BCUT2D eigenvalue weighted by molar-refractivity contribution is -0.0296. The van der Waals surface area contributed by atoms with Crippen molar-refractivity contribution in [1.82, 2.24) is 14.8 Å². The van der Waals surface area contributed by atoms with E-state index in [-0.39, 0.29) is 5.91 Å². The van der Waals surface area contributed by atoms with Crippen molar-refractivity contribution in [2.45, 2.75) is 25.1 Å². The van der Waals surface area contributed by atoms with Crippen molar-refractivity contribution >= 4 is 16.7 Å². The van der Waals surface area contributed by atoms with Gasteiger partial charge in [0.1, 0.15) is 11.5 Å². The van der Waals surface area contributed by atoms with Crippen molar-refractivity contribution < 1.29 is 14.3 Å². The third kappa shape index (κ3) is 3.13. The fourth-order valence-electron chi connectivity index (χ4n) is 4.37. The van der Waals surface area contributed by atoms with E-state index in [9.17, 15) is 4.79 Å². The molecule has 0 saturated carbocycles. The van der Waals surface area contributed by atoms with Crippen molar-refractivity contribution in [3.05, 3.63) is 59.9 Å². The quantitative estimate of drug-likeness (QED) is 0.744. The molecule has 6 heteroatoms. The normalized spacial score (nSPS) is 18.3. The summed E-state index contributed by atoms with van der Waals surface area (Å²) in [5, 5.41) is 5.10. The summed E-state index contributed by atoms with van der Waals surface area (Å²) in [4.78, 5) is 15.3. The topological polar surface area (TPSA) is 55.7 Å². The molecule has 0 aliphatic carbocycles. The molecule has 2 aliphatic heterocycles. The van der Waals surface area contributed by atoms with Crippen LogP contribution in [0, 0.1) is 0 Å². The number of rotatable bonds is 3. The average molecular weight is 391 g/mol. The number of fused-ring (bicyclic) bond motifs is 3. The molecule has 3 heterocycles. The standard InChI is InChI=1S/C23H25N3O3/c1-25-11-3-4-17(25)15-26-12-9-23(10-13-26)24-22(27)19-8-6-16-5-7-18(28-2)14-20(16)21(19)29-23/h3-8,11,14H,9-10,12-13,15H2,1-2H3,(H,24,27). The number of methoxy groups -OCH3 is 1. The molecule has 0 atom stereocenters. The minimum atomic E-state index is -0.647. The molecule has 150 valence electrons. The van der Waals surface area contributed by atoms with Crippen molar-refractivity contribution in [2.75, 3.05) is 20.2 Å². The maximum Gasteiger partial charge on any atom is 0.258 e. The van der Waals surface area contributed by atoms with Gasteiger partial charge in [-0.3, -0.25) is 9.69 Å². The minimum absolute atomic E-state index is 0.0631. The highest BCUT2D eigenvalue weighted by Crippen LogP contribution is 2.39. The van der Waals surface area contributed by atoms with Crippen LogP contribution in [-0.2, 0) is 13.6 Å². The van der Waals surface area contributed by atoms with Crippen LogP contribution >= 0.6 is 0 Å². The first kappa shape index (κ1) is 18.1. The Morgan fingerprint density at radius 1 is 1.17 bits per heavy atom. The molecule has 6 nitrogen and oxygen atoms in total. The molecule has 29 heavy (non-hydrogen) atoms. The number of piperidine rings is 1. The number of nitrogens with zero attached hydrogens (tertiary/aromatic N) is 2. The number of hydrogen-bond acceptors (Lipinski definition) is 4. The Morgan fingerprint density at radius 2 is 1.97 bits per heavy atom. The molecule has 2 aromatic carbocycles. The Bertz CT molecular complexity index is 1080. The largest absolute Gasteiger partial charge is 0.497 e. The second kappa shape index (κ2) is 6.81. The summed E-state index contributed by atoms with van der Waals surface area (Å²) in [7, 11) is 3.72. The van der Waals surface area contributed by atoms with Gasteiger partial charge in [-0.1, -0.05) is 12.1 Å². The number of benzene rings is 2. The Morgan fingerprint density at radius 3 is 2.69 bits per heavy atom. The summed E-state index contributed by atoms with van der Waals surface area (Å²) in [6, 6.07) is 13.9. The maximum absolute atomic E-state index is 12.9. The molecule has 1 fully saturated rings. The van der Waals surface area contributed by atoms with E-state index in [1.54, 1.807) is 7.11 Å². The fraction of sp³-hybridized carbons (Fsp3) is 0.348. The molecule has 1 amide bonds. The molecule has 1 N–H and O–H groups in total. The number of aryl methyl sites for hydroxylation is 1. The first-order chi connectivity index (χ1) is 14.1. The Kier molecular flexibility index (Phi) is 4.24. The molecular formula is C23H25N3O3. The summed E-state index contributed by atoms with van der Waals surface area (Å²) >= 11 is 0. The van der Waals surface area contributed by atoms with Gasteiger partial charge in [-0.25, -0.2) is 0 Å². The minimum Gasteiger partial charge on any atom is -0.497 e. The van der Waals surface area contributed by atoms with Gasteiger partial charge < -0.3 is 19.4 Å². The van der Waals surface area contributed by atoms with E-state index in [1.807, 2.05) is 30.3 Å². The van der Waals surface area contributed by atoms with E-state index in [4.69, 9.17) is 9.47 Å². The molecule has 2 aliphatic rings. The van der Waals surface area contributed by atoms with Crippen LogP contribution in [0.3, 0.4) is 0 Å². The lowest BCUT2D eigenvalue weighted by Crippen LogP contribution is -2.61. The molecule has 1 spiro atoms. The maximum atomic E-state index is 12.9. The zero-order valence-corrected chi connectivity index (χ0v) is 16.8. The van der Waals surface area contributed by atoms with Gasteiger partial charge in [0.05, 0.1) is 12.7 Å². The first-order valence-corrected chi connectivity index (χ1v) is 10.0. The van der Waals surface area contributed by atoms with Crippen LogP contribution in [0.25, 0.3) is 10.8 Å². The van der Waals surface area contributed by atoms with Gasteiger partial charge in [-0.05, 0) is 35.7 Å². The van der Waals surface area contributed by atoms with E-state index in [0.29, 0.717) is 11.3 Å². The van der Waals surface area contributed by atoms with Gasteiger partial charge in [-0.2, -0.15) is 0 Å². The third-order valence-electron chi connectivity index (χ3n) is 6.16. The first-order valence-electron chi connectivity index (χ1n) is 10.0. The zero-order chi connectivity index (χ0) is 20.0. The van der Waals surface area contributed by atoms with Crippen LogP contribution < -0.4 is 14.8 Å². The number of carbonyl (C=O) groups excluding carboxylic acids is 1. The van der Waals surface area contributed by atoms with Gasteiger partial charge in [0.25, 0.3) is 5.91 Å². The van der Waals surface area contributed by atoms with Gasteiger partial charge >= 0.3 is 0 Å². The highest BCUT2D eigenvalue weighted by atomic mass is 16.5. The Hall–Kier alpha value is -2.99. The van der Waals surface area contributed by atoms with E-state index < -0.39 is 5.72 Å². The highest BCUT2D eigenvalue weighted by Gasteiger charge is 2.43. The van der Waals surface area contributed by atoms with Crippen molar-refractivity contribution in [1.29, 1.82) is 0 Å². The highest BCUT2D eigenvalue weighted by molar-refractivity contribution is 6.05. The predicted molar refractivity (Wildman–Crippen MR) is 111 cm³/mol. The molecule has 0 unspecified atom stereocenters. The average Bonchev–Trinajstić information content (AvgIpc) is 3.14. The number of ether oxygens (including phenoxy) is 2. The number of amides is 1. The Labute approximate surface area is 170 Å². The molecule has 1 aromatic heterocycles. The third-order valence-corrected chi connectivity index (χ3v) is 6.16. The molecule has 5 rings (SSSR count). The van der Waals surface area contributed by atoms with Crippen molar-refractivity contribution in [3.63, 3.8) is 0 Å². The second-order valence-corrected chi connectivity index (χ2v) is 7.97. The number of carbonyl (C=O) groups is 1. The summed E-state index contributed by atoms with van der Waals surface area (Å²) < 4.78 is 14.1.